The van der Waals surface area contributed by atoms with Gasteiger partial charge in [-0.2, -0.15) is 0 Å². The van der Waals surface area contributed by atoms with E-state index in [1.807, 2.05) is 19.1 Å². The monoisotopic (exact) mass is 126 g/mol. The lowest BCUT2D eigenvalue weighted by atomic mass is 10.2. The maximum Gasteiger partial charge on any atom is 0.0615 e. The van der Waals surface area contributed by atoms with Crippen molar-refractivity contribution in [3.8, 4) is 0 Å². The number of aliphatic hydroxyl groups excluding tert-OH is 1. The van der Waals surface area contributed by atoms with Crippen molar-refractivity contribution in [2.24, 2.45) is 0 Å². The SMILES string of the molecule is CC=C(C=CCO)CC. The predicted octanol–water partition coefficient (Wildman–Crippen LogP) is 1.89. The van der Waals surface area contributed by atoms with Crippen molar-refractivity contribution in [1.29, 1.82) is 0 Å². The van der Waals surface area contributed by atoms with Gasteiger partial charge in [-0.1, -0.05) is 30.7 Å². The van der Waals surface area contributed by atoms with Gasteiger partial charge in [0.05, 0.1) is 6.61 Å². The van der Waals surface area contributed by atoms with E-state index >= 15 is 0 Å². The van der Waals surface area contributed by atoms with Gasteiger partial charge < -0.3 is 5.11 Å². The summed E-state index contributed by atoms with van der Waals surface area (Å²) in [5.41, 5.74) is 1.27. The molecule has 0 bridgehead atoms. The average Bonchev–Trinajstić information content (AvgIpc) is 1.91. The fourth-order valence-corrected chi connectivity index (χ4v) is 0.622. The Hall–Kier alpha value is -0.560. The zero-order valence-corrected chi connectivity index (χ0v) is 6.09. The smallest absolute Gasteiger partial charge is 0.0615 e. The molecule has 0 heterocycles. The third-order valence-corrected chi connectivity index (χ3v) is 1.22. The van der Waals surface area contributed by atoms with Gasteiger partial charge in [0.2, 0.25) is 0 Å². The predicted molar refractivity (Wildman–Crippen MR) is 40.3 cm³/mol. The Bertz CT molecular complexity index is 112. The average molecular weight is 126 g/mol. The second kappa shape index (κ2) is 5.57. The zero-order valence-electron chi connectivity index (χ0n) is 6.09. The van der Waals surface area contributed by atoms with Crippen LogP contribution in [-0.2, 0) is 0 Å². The summed E-state index contributed by atoms with van der Waals surface area (Å²) in [7, 11) is 0. The van der Waals surface area contributed by atoms with Gasteiger partial charge in [0.15, 0.2) is 0 Å². The van der Waals surface area contributed by atoms with Crippen LogP contribution in [0.25, 0.3) is 0 Å². The molecule has 0 fully saturated rings. The molecule has 0 aromatic carbocycles. The standard InChI is InChI=1S/C8H14O/c1-3-8(4-2)6-5-7-9/h3,5-6,9H,4,7H2,1-2H3. The molecule has 52 valence electrons. The summed E-state index contributed by atoms with van der Waals surface area (Å²) in [4.78, 5) is 0. The second-order valence-electron chi connectivity index (χ2n) is 1.80. The molecule has 0 saturated carbocycles. The van der Waals surface area contributed by atoms with E-state index in [-0.39, 0.29) is 6.61 Å². The molecule has 0 amide bonds. The summed E-state index contributed by atoms with van der Waals surface area (Å²) in [5.74, 6) is 0. The Kier molecular flexibility index (Phi) is 5.23. The molecular formula is C8H14O. The number of hydrogen-bond donors (Lipinski definition) is 1. The van der Waals surface area contributed by atoms with E-state index in [1.165, 1.54) is 5.57 Å². The summed E-state index contributed by atoms with van der Waals surface area (Å²) in [5, 5.41) is 8.39. The molecule has 0 aliphatic heterocycles. The lowest BCUT2D eigenvalue weighted by Gasteiger charge is -1.91. The van der Waals surface area contributed by atoms with Crippen LogP contribution in [0.3, 0.4) is 0 Å². The highest BCUT2D eigenvalue weighted by Gasteiger charge is 1.81. The molecule has 0 unspecified atom stereocenters. The molecule has 0 aromatic rings. The normalized spacial score (nSPS) is 13.0. The Labute approximate surface area is 56.7 Å². The Morgan fingerprint density at radius 1 is 1.56 bits per heavy atom. The third kappa shape index (κ3) is 3.98. The molecular weight excluding hydrogens is 112 g/mol. The Balaban J connectivity index is 3.70. The van der Waals surface area contributed by atoms with Crippen LogP contribution in [0.15, 0.2) is 23.8 Å². The molecule has 0 radical (unpaired) electrons. The maximum absolute atomic E-state index is 8.39. The Morgan fingerprint density at radius 3 is 2.56 bits per heavy atom. The van der Waals surface area contributed by atoms with Crippen molar-refractivity contribution in [3.63, 3.8) is 0 Å². The molecule has 0 spiro atoms. The van der Waals surface area contributed by atoms with Gasteiger partial charge in [-0.3, -0.25) is 0 Å². The van der Waals surface area contributed by atoms with E-state index in [9.17, 15) is 0 Å². The van der Waals surface area contributed by atoms with Crippen LogP contribution < -0.4 is 0 Å². The quantitative estimate of drug-likeness (QED) is 0.572. The molecule has 9 heavy (non-hydrogen) atoms. The first-order chi connectivity index (χ1) is 4.35. The summed E-state index contributed by atoms with van der Waals surface area (Å²) in [6.07, 6.45) is 6.78. The van der Waals surface area contributed by atoms with Crippen LogP contribution in [0.2, 0.25) is 0 Å². The minimum absolute atomic E-state index is 0.136. The van der Waals surface area contributed by atoms with Crippen molar-refractivity contribution in [2.45, 2.75) is 20.3 Å². The van der Waals surface area contributed by atoms with Crippen LogP contribution in [-0.4, -0.2) is 11.7 Å². The lowest BCUT2D eigenvalue weighted by molar-refractivity contribution is 0.342. The Morgan fingerprint density at radius 2 is 2.22 bits per heavy atom. The highest BCUT2D eigenvalue weighted by atomic mass is 16.2. The van der Waals surface area contributed by atoms with Crippen LogP contribution in [0.4, 0.5) is 0 Å². The van der Waals surface area contributed by atoms with Gasteiger partial charge in [0.25, 0.3) is 0 Å². The van der Waals surface area contributed by atoms with Crippen molar-refractivity contribution in [2.75, 3.05) is 6.61 Å². The zero-order chi connectivity index (χ0) is 7.11. The first-order valence-electron chi connectivity index (χ1n) is 3.27. The number of hydrogen-bond acceptors (Lipinski definition) is 1. The van der Waals surface area contributed by atoms with Gasteiger partial charge in [-0.25, -0.2) is 0 Å². The fourth-order valence-electron chi connectivity index (χ4n) is 0.622. The number of rotatable bonds is 3. The van der Waals surface area contributed by atoms with Crippen molar-refractivity contribution >= 4 is 0 Å². The molecule has 0 saturated heterocycles. The van der Waals surface area contributed by atoms with Crippen LogP contribution >= 0.6 is 0 Å². The van der Waals surface area contributed by atoms with E-state index in [4.69, 9.17) is 5.11 Å². The van der Waals surface area contributed by atoms with E-state index in [0.29, 0.717) is 0 Å². The molecule has 0 atom stereocenters. The summed E-state index contributed by atoms with van der Waals surface area (Å²) in [6, 6.07) is 0. The minimum atomic E-state index is 0.136. The number of allylic oxidation sites excluding steroid dienone is 3. The fraction of sp³-hybridized carbons (Fsp3) is 0.500. The molecule has 1 nitrogen and oxygen atoms in total. The lowest BCUT2D eigenvalue weighted by Crippen LogP contribution is -1.75. The van der Waals surface area contributed by atoms with Gasteiger partial charge in [-0.05, 0) is 13.3 Å². The van der Waals surface area contributed by atoms with Gasteiger partial charge in [0, 0.05) is 0 Å². The van der Waals surface area contributed by atoms with Crippen molar-refractivity contribution < 1.29 is 5.11 Å². The van der Waals surface area contributed by atoms with Gasteiger partial charge >= 0.3 is 0 Å². The van der Waals surface area contributed by atoms with Crippen LogP contribution in [0, 0.1) is 0 Å². The molecule has 0 aliphatic carbocycles. The molecule has 1 N–H and O–H groups in total. The van der Waals surface area contributed by atoms with Crippen molar-refractivity contribution in [3.05, 3.63) is 23.8 Å². The van der Waals surface area contributed by atoms with Crippen molar-refractivity contribution in [1.82, 2.24) is 0 Å². The minimum Gasteiger partial charge on any atom is -0.392 e. The van der Waals surface area contributed by atoms with Crippen LogP contribution in [0.1, 0.15) is 20.3 Å². The highest BCUT2D eigenvalue weighted by Crippen LogP contribution is 2.00. The van der Waals surface area contributed by atoms with Gasteiger partial charge in [-0.15, -0.1) is 0 Å². The van der Waals surface area contributed by atoms with E-state index in [2.05, 4.69) is 6.92 Å². The summed E-state index contributed by atoms with van der Waals surface area (Å²) in [6.45, 7) is 4.23. The topological polar surface area (TPSA) is 20.2 Å². The maximum atomic E-state index is 8.39. The highest BCUT2D eigenvalue weighted by molar-refractivity contribution is 5.16. The van der Waals surface area contributed by atoms with Crippen LogP contribution in [0.5, 0.6) is 0 Å². The van der Waals surface area contributed by atoms with E-state index < -0.39 is 0 Å². The largest absolute Gasteiger partial charge is 0.392 e. The molecule has 1 heteroatoms. The number of aliphatic hydroxyl groups is 1. The molecule has 0 aromatic heterocycles. The second-order valence-corrected chi connectivity index (χ2v) is 1.80. The van der Waals surface area contributed by atoms with Gasteiger partial charge in [0.1, 0.15) is 0 Å². The third-order valence-electron chi connectivity index (χ3n) is 1.22. The first-order valence-corrected chi connectivity index (χ1v) is 3.27. The van der Waals surface area contributed by atoms with E-state index in [0.717, 1.165) is 6.42 Å². The summed E-state index contributed by atoms with van der Waals surface area (Å²) >= 11 is 0. The first kappa shape index (κ1) is 8.44. The summed E-state index contributed by atoms with van der Waals surface area (Å²) < 4.78 is 0. The van der Waals surface area contributed by atoms with E-state index in [1.54, 1.807) is 6.08 Å². The molecule has 0 aliphatic rings. The molecule has 0 rings (SSSR count).